The van der Waals surface area contributed by atoms with Crippen LogP contribution in [-0.2, 0) is 6.42 Å². The fourth-order valence-electron chi connectivity index (χ4n) is 1.27. The molecule has 1 heterocycles. The number of unbranched alkanes of at least 4 members (excludes halogenated alkanes) is 2. The lowest BCUT2D eigenvalue weighted by Crippen LogP contribution is -1.84. The van der Waals surface area contributed by atoms with E-state index in [0.29, 0.717) is 5.92 Å². The topological polar surface area (TPSA) is 12.9 Å². The van der Waals surface area contributed by atoms with Crippen LogP contribution in [0.15, 0.2) is 6.07 Å². The second-order valence-corrected chi connectivity index (χ2v) is 4.67. The standard InChI is InChI=1S/C11H19NS/c1-4-5-6-7-10-8-11(9(2)3)13-12-10/h8-9H,4-7H2,1-3H3. The molecule has 2 heteroatoms. The van der Waals surface area contributed by atoms with Crippen molar-refractivity contribution in [1.29, 1.82) is 0 Å². The van der Waals surface area contributed by atoms with Crippen molar-refractivity contribution >= 4 is 11.5 Å². The minimum atomic E-state index is 0.637. The van der Waals surface area contributed by atoms with E-state index in [1.807, 2.05) is 0 Å². The molecular formula is C11H19NS. The van der Waals surface area contributed by atoms with Crippen molar-refractivity contribution in [2.24, 2.45) is 0 Å². The van der Waals surface area contributed by atoms with E-state index in [4.69, 9.17) is 0 Å². The zero-order chi connectivity index (χ0) is 9.68. The van der Waals surface area contributed by atoms with E-state index in [9.17, 15) is 0 Å². The molecule has 0 spiro atoms. The highest BCUT2D eigenvalue weighted by molar-refractivity contribution is 7.05. The van der Waals surface area contributed by atoms with Gasteiger partial charge in [-0.1, -0.05) is 33.6 Å². The highest BCUT2D eigenvalue weighted by Gasteiger charge is 2.04. The molecule has 0 saturated carbocycles. The van der Waals surface area contributed by atoms with E-state index < -0.39 is 0 Å². The number of aromatic nitrogens is 1. The largest absolute Gasteiger partial charge is 0.197 e. The van der Waals surface area contributed by atoms with Crippen LogP contribution in [0.4, 0.5) is 0 Å². The summed E-state index contributed by atoms with van der Waals surface area (Å²) in [6, 6.07) is 2.27. The third kappa shape index (κ3) is 3.47. The van der Waals surface area contributed by atoms with Gasteiger partial charge in [-0.2, -0.15) is 4.37 Å². The minimum absolute atomic E-state index is 0.637. The van der Waals surface area contributed by atoms with Gasteiger partial charge < -0.3 is 0 Å². The average Bonchev–Trinajstić information content (AvgIpc) is 2.53. The lowest BCUT2D eigenvalue weighted by molar-refractivity contribution is 0.710. The number of nitrogens with zero attached hydrogens (tertiary/aromatic N) is 1. The van der Waals surface area contributed by atoms with Gasteiger partial charge in [0.1, 0.15) is 0 Å². The van der Waals surface area contributed by atoms with Crippen LogP contribution < -0.4 is 0 Å². The Balaban J connectivity index is 2.40. The maximum atomic E-state index is 4.45. The van der Waals surface area contributed by atoms with Crippen molar-refractivity contribution in [2.75, 3.05) is 0 Å². The molecule has 0 atom stereocenters. The molecule has 74 valence electrons. The Morgan fingerprint density at radius 1 is 1.38 bits per heavy atom. The van der Waals surface area contributed by atoms with Crippen LogP contribution >= 0.6 is 11.5 Å². The molecule has 0 fully saturated rings. The summed E-state index contributed by atoms with van der Waals surface area (Å²) >= 11 is 1.67. The molecule has 0 N–H and O–H groups in total. The fourth-order valence-corrected chi connectivity index (χ4v) is 2.04. The SMILES string of the molecule is CCCCCc1cc(C(C)C)sn1. The third-order valence-electron chi connectivity index (χ3n) is 2.18. The van der Waals surface area contributed by atoms with Crippen molar-refractivity contribution in [2.45, 2.75) is 52.4 Å². The van der Waals surface area contributed by atoms with Gasteiger partial charge in [0.25, 0.3) is 0 Å². The maximum Gasteiger partial charge on any atom is 0.0545 e. The van der Waals surface area contributed by atoms with E-state index in [0.717, 1.165) is 6.42 Å². The molecule has 0 aliphatic carbocycles. The summed E-state index contributed by atoms with van der Waals surface area (Å²) < 4.78 is 4.45. The quantitative estimate of drug-likeness (QED) is 0.650. The molecule has 0 aliphatic rings. The van der Waals surface area contributed by atoms with E-state index >= 15 is 0 Å². The summed E-state index contributed by atoms with van der Waals surface area (Å²) in [5.41, 5.74) is 1.29. The fraction of sp³-hybridized carbons (Fsp3) is 0.727. The van der Waals surface area contributed by atoms with Crippen molar-refractivity contribution in [3.05, 3.63) is 16.6 Å². The molecule has 0 aromatic carbocycles. The first-order chi connectivity index (χ1) is 6.24. The van der Waals surface area contributed by atoms with Gasteiger partial charge in [-0.3, -0.25) is 0 Å². The van der Waals surface area contributed by atoms with Crippen LogP contribution in [-0.4, -0.2) is 4.37 Å². The highest BCUT2D eigenvalue weighted by atomic mass is 32.1. The van der Waals surface area contributed by atoms with Gasteiger partial charge in [0.2, 0.25) is 0 Å². The Morgan fingerprint density at radius 2 is 2.15 bits per heavy atom. The Bertz CT molecular complexity index is 240. The van der Waals surface area contributed by atoms with Crippen LogP contribution in [0, 0.1) is 0 Å². The first kappa shape index (κ1) is 10.7. The molecule has 0 saturated heterocycles. The summed E-state index contributed by atoms with van der Waals surface area (Å²) in [6.45, 7) is 6.69. The molecule has 0 amide bonds. The Labute approximate surface area is 85.4 Å². The van der Waals surface area contributed by atoms with Gasteiger partial charge in [-0.05, 0) is 36.4 Å². The van der Waals surface area contributed by atoms with Crippen molar-refractivity contribution < 1.29 is 0 Å². The van der Waals surface area contributed by atoms with Gasteiger partial charge in [-0.25, -0.2) is 0 Å². The molecular weight excluding hydrogens is 178 g/mol. The normalized spacial score (nSPS) is 11.1. The molecule has 1 aromatic rings. The predicted molar refractivity (Wildman–Crippen MR) is 59.4 cm³/mol. The summed E-state index contributed by atoms with van der Waals surface area (Å²) in [5.74, 6) is 0.637. The molecule has 0 aliphatic heterocycles. The van der Waals surface area contributed by atoms with Crippen LogP contribution in [0.3, 0.4) is 0 Å². The zero-order valence-corrected chi connectivity index (χ0v) is 9.66. The molecule has 0 bridgehead atoms. The Hall–Kier alpha value is -0.370. The van der Waals surface area contributed by atoms with Gasteiger partial charge in [0.05, 0.1) is 5.69 Å². The second kappa shape index (κ2) is 5.38. The smallest absolute Gasteiger partial charge is 0.0545 e. The summed E-state index contributed by atoms with van der Waals surface area (Å²) in [5, 5.41) is 0. The number of hydrogen-bond acceptors (Lipinski definition) is 2. The minimum Gasteiger partial charge on any atom is -0.197 e. The average molecular weight is 197 g/mol. The van der Waals surface area contributed by atoms with Crippen LogP contribution in [0.2, 0.25) is 0 Å². The predicted octanol–water partition coefficient (Wildman–Crippen LogP) is 4.00. The monoisotopic (exact) mass is 197 g/mol. The molecule has 1 aromatic heterocycles. The van der Waals surface area contributed by atoms with E-state index in [-0.39, 0.29) is 0 Å². The lowest BCUT2D eigenvalue weighted by Gasteiger charge is -1.96. The number of aryl methyl sites for hydroxylation is 1. The van der Waals surface area contributed by atoms with Crippen LogP contribution in [0.1, 0.15) is 56.5 Å². The van der Waals surface area contributed by atoms with E-state index in [2.05, 4.69) is 31.2 Å². The summed E-state index contributed by atoms with van der Waals surface area (Å²) in [6.07, 6.45) is 5.07. The number of hydrogen-bond donors (Lipinski definition) is 0. The molecule has 1 rings (SSSR count). The zero-order valence-electron chi connectivity index (χ0n) is 8.84. The van der Waals surface area contributed by atoms with Gasteiger partial charge in [0.15, 0.2) is 0 Å². The van der Waals surface area contributed by atoms with Crippen molar-refractivity contribution in [3.63, 3.8) is 0 Å². The molecule has 1 nitrogen and oxygen atoms in total. The van der Waals surface area contributed by atoms with Gasteiger partial charge in [0, 0.05) is 4.88 Å². The third-order valence-corrected chi connectivity index (χ3v) is 3.31. The van der Waals surface area contributed by atoms with Crippen LogP contribution in [0.25, 0.3) is 0 Å². The first-order valence-electron chi connectivity index (χ1n) is 5.19. The van der Waals surface area contributed by atoms with Crippen molar-refractivity contribution in [3.8, 4) is 0 Å². The maximum absolute atomic E-state index is 4.45. The van der Waals surface area contributed by atoms with Gasteiger partial charge in [-0.15, -0.1) is 0 Å². The first-order valence-corrected chi connectivity index (χ1v) is 5.97. The lowest BCUT2D eigenvalue weighted by atomic mass is 10.1. The Morgan fingerprint density at radius 3 is 2.69 bits per heavy atom. The highest BCUT2D eigenvalue weighted by Crippen LogP contribution is 2.20. The second-order valence-electron chi connectivity index (χ2n) is 3.83. The molecule has 13 heavy (non-hydrogen) atoms. The van der Waals surface area contributed by atoms with Crippen LogP contribution in [0.5, 0.6) is 0 Å². The van der Waals surface area contributed by atoms with Crippen molar-refractivity contribution in [1.82, 2.24) is 4.37 Å². The summed E-state index contributed by atoms with van der Waals surface area (Å²) in [7, 11) is 0. The Kier molecular flexibility index (Phi) is 4.43. The molecule has 0 radical (unpaired) electrons. The van der Waals surface area contributed by atoms with E-state index in [1.54, 1.807) is 11.5 Å². The number of rotatable bonds is 5. The molecule has 0 unspecified atom stereocenters. The summed E-state index contributed by atoms with van der Waals surface area (Å²) in [4.78, 5) is 1.42. The van der Waals surface area contributed by atoms with Gasteiger partial charge >= 0.3 is 0 Å². The van der Waals surface area contributed by atoms with E-state index in [1.165, 1.54) is 29.8 Å².